The minimum absolute atomic E-state index is 0.140. The number of anilines is 1. The van der Waals surface area contributed by atoms with Gasteiger partial charge in [0.15, 0.2) is 0 Å². The van der Waals surface area contributed by atoms with Crippen molar-refractivity contribution in [1.82, 2.24) is 5.32 Å². The van der Waals surface area contributed by atoms with Crippen LogP contribution in [-0.4, -0.2) is 27.1 Å². The lowest BCUT2D eigenvalue weighted by Gasteiger charge is -2.25. The standard InChI is InChI=1S/C25H27ClN2O3S/c1-19-15-16-22(26)18-23(19)28(32(2,30)31)17-9-14-24(29)27-25(20-10-5-3-6-11-20)21-12-7-4-8-13-21/h3-8,10-13,15-16,18,25H,9,14,17H2,1-2H3,(H,27,29). The van der Waals surface area contributed by atoms with Crippen LogP contribution in [0.4, 0.5) is 5.69 Å². The summed E-state index contributed by atoms with van der Waals surface area (Å²) in [5, 5.41) is 3.56. The number of carbonyl (C=O) groups is 1. The summed E-state index contributed by atoms with van der Waals surface area (Å²) in [4.78, 5) is 12.8. The van der Waals surface area contributed by atoms with Gasteiger partial charge in [0.1, 0.15) is 0 Å². The summed E-state index contributed by atoms with van der Waals surface area (Å²) in [6.45, 7) is 2.02. The van der Waals surface area contributed by atoms with Crippen molar-refractivity contribution in [3.05, 3.63) is 101 Å². The van der Waals surface area contributed by atoms with Gasteiger partial charge in [-0.1, -0.05) is 78.3 Å². The van der Waals surface area contributed by atoms with Gasteiger partial charge in [0.2, 0.25) is 15.9 Å². The highest BCUT2D eigenvalue weighted by molar-refractivity contribution is 7.92. The Labute approximate surface area is 195 Å². The molecule has 3 aromatic carbocycles. The van der Waals surface area contributed by atoms with Crippen molar-refractivity contribution in [3.8, 4) is 0 Å². The van der Waals surface area contributed by atoms with Crippen LogP contribution in [0.5, 0.6) is 0 Å². The summed E-state index contributed by atoms with van der Waals surface area (Å²) in [7, 11) is -3.52. The van der Waals surface area contributed by atoms with Gasteiger partial charge in [-0.2, -0.15) is 0 Å². The second kappa shape index (κ2) is 10.7. The van der Waals surface area contributed by atoms with Crippen molar-refractivity contribution in [3.63, 3.8) is 0 Å². The van der Waals surface area contributed by atoms with Gasteiger partial charge in [0, 0.05) is 18.0 Å². The molecule has 0 fully saturated rings. The number of nitrogens with zero attached hydrogens (tertiary/aromatic N) is 1. The normalized spacial score (nSPS) is 11.4. The van der Waals surface area contributed by atoms with E-state index in [0.29, 0.717) is 17.1 Å². The summed E-state index contributed by atoms with van der Waals surface area (Å²) < 4.78 is 26.1. The number of amides is 1. The Hall–Kier alpha value is -2.83. The smallest absolute Gasteiger partial charge is 0.232 e. The quantitative estimate of drug-likeness (QED) is 0.473. The fourth-order valence-electron chi connectivity index (χ4n) is 3.58. The summed E-state index contributed by atoms with van der Waals surface area (Å²) >= 11 is 6.08. The third kappa shape index (κ3) is 6.34. The highest BCUT2D eigenvalue weighted by Gasteiger charge is 2.21. The molecule has 0 atom stereocenters. The maximum Gasteiger partial charge on any atom is 0.232 e. The number of sulfonamides is 1. The molecule has 32 heavy (non-hydrogen) atoms. The van der Waals surface area contributed by atoms with Gasteiger partial charge >= 0.3 is 0 Å². The number of halogens is 1. The zero-order chi connectivity index (χ0) is 23.1. The van der Waals surface area contributed by atoms with E-state index in [1.54, 1.807) is 18.2 Å². The Kier molecular flexibility index (Phi) is 7.94. The molecule has 1 N–H and O–H groups in total. The molecular formula is C25H27ClN2O3S. The van der Waals surface area contributed by atoms with E-state index in [0.717, 1.165) is 22.9 Å². The molecule has 3 aromatic rings. The molecule has 3 rings (SSSR count). The molecule has 5 nitrogen and oxygen atoms in total. The molecule has 0 spiro atoms. The van der Waals surface area contributed by atoms with Crippen LogP contribution >= 0.6 is 11.6 Å². The highest BCUT2D eigenvalue weighted by Crippen LogP contribution is 2.27. The predicted molar refractivity (Wildman–Crippen MR) is 130 cm³/mol. The van der Waals surface area contributed by atoms with E-state index in [2.05, 4.69) is 5.32 Å². The van der Waals surface area contributed by atoms with Crippen LogP contribution in [-0.2, 0) is 14.8 Å². The molecule has 0 aliphatic rings. The minimum Gasteiger partial charge on any atom is -0.345 e. The maximum absolute atomic E-state index is 12.8. The Bertz CT molecular complexity index is 1110. The van der Waals surface area contributed by atoms with E-state index in [4.69, 9.17) is 11.6 Å². The molecule has 0 radical (unpaired) electrons. The summed E-state index contributed by atoms with van der Waals surface area (Å²) in [6, 6.07) is 24.4. The second-order valence-electron chi connectivity index (χ2n) is 7.69. The van der Waals surface area contributed by atoms with Gasteiger partial charge < -0.3 is 5.32 Å². The Morgan fingerprint density at radius 1 is 0.969 bits per heavy atom. The van der Waals surface area contributed by atoms with Crippen LogP contribution < -0.4 is 9.62 Å². The zero-order valence-corrected chi connectivity index (χ0v) is 19.7. The largest absolute Gasteiger partial charge is 0.345 e. The average Bonchev–Trinajstić information content (AvgIpc) is 2.77. The first-order chi connectivity index (χ1) is 15.3. The van der Waals surface area contributed by atoms with Gasteiger partial charge in [-0.25, -0.2) is 8.42 Å². The van der Waals surface area contributed by atoms with Crippen LogP contribution in [0.1, 0.15) is 35.6 Å². The fraction of sp³-hybridized carbons (Fsp3) is 0.240. The van der Waals surface area contributed by atoms with Crippen LogP contribution in [0.15, 0.2) is 78.9 Å². The first-order valence-electron chi connectivity index (χ1n) is 10.4. The number of rotatable bonds is 9. The van der Waals surface area contributed by atoms with Gasteiger partial charge in [0.25, 0.3) is 0 Å². The van der Waals surface area contributed by atoms with E-state index >= 15 is 0 Å². The Morgan fingerprint density at radius 3 is 2.06 bits per heavy atom. The van der Waals surface area contributed by atoms with E-state index in [1.165, 1.54) is 4.31 Å². The van der Waals surface area contributed by atoms with Gasteiger partial charge in [-0.3, -0.25) is 9.10 Å². The average molecular weight is 471 g/mol. The number of hydrogen-bond donors (Lipinski definition) is 1. The molecule has 1 amide bonds. The zero-order valence-electron chi connectivity index (χ0n) is 18.2. The van der Waals surface area contributed by atoms with Gasteiger partial charge in [-0.15, -0.1) is 0 Å². The first-order valence-corrected chi connectivity index (χ1v) is 12.6. The van der Waals surface area contributed by atoms with Gasteiger partial charge in [0.05, 0.1) is 18.0 Å². The molecule has 0 unspecified atom stereocenters. The number of hydrogen-bond acceptors (Lipinski definition) is 3. The Morgan fingerprint density at radius 2 is 1.53 bits per heavy atom. The molecule has 0 saturated heterocycles. The van der Waals surface area contributed by atoms with Crippen molar-refractivity contribution in [2.45, 2.75) is 25.8 Å². The van der Waals surface area contributed by atoms with E-state index in [1.807, 2.05) is 67.6 Å². The third-order valence-corrected chi connectivity index (χ3v) is 6.59. The molecule has 0 aromatic heterocycles. The number of carbonyl (C=O) groups excluding carboxylic acids is 1. The van der Waals surface area contributed by atoms with Crippen LogP contribution in [0.3, 0.4) is 0 Å². The van der Waals surface area contributed by atoms with E-state index < -0.39 is 10.0 Å². The molecule has 7 heteroatoms. The number of nitrogens with one attached hydrogen (secondary N) is 1. The molecule has 0 heterocycles. The third-order valence-electron chi connectivity index (χ3n) is 5.18. The van der Waals surface area contributed by atoms with Crippen LogP contribution in [0.25, 0.3) is 0 Å². The molecule has 0 saturated carbocycles. The topological polar surface area (TPSA) is 66.5 Å². The maximum atomic E-state index is 12.8. The first kappa shape index (κ1) is 23.8. The lowest BCUT2D eigenvalue weighted by Crippen LogP contribution is -2.33. The van der Waals surface area contributed by atoms with Crippen molar-refractivity contribution in [2.75, 3.05) is 17.1 Å². The molecule has 0 aliphatic carbocycles. The van der Waals surface area contributed by atoms with Crippen molar-refractivity contribution in [2.24, 2.45) is 0 Å². The SMILES string of the molecule is Cc1ccc(Cl)cc1N(CCCC(=O)NC(c1ccccc1)c1ccccc1)S(C)(=O)=O. The van der Waals surface area contributed by atoms with Crippen molar-refractivity contribution >= 4 is 33.2 Å². The van der Waals surface area contributed by atoms with E-state index in [-0.39, 0.29) is 24.9 Å². The fourth-order valence-corrected chi connectivity index (χ4v) is 4.76. The van der Waals surface area contributed by atoms with Crippen LogP contribution in [0.2, 0.25) is 5.02 Å². The van der Waals surface area contributed by atoms with Gasteiger partial charge in [-0.05, 0) is 42.2 Å². The lowest BCUT2D eigenvalue weighted by molar-refractivity contribution is -0.121. The molecule has 0 bridgehead atoms. The summed E-state index contributed by atoms with van der Waals surface area (Å²) in [5.41, 5.74) is 3.31. The van der Waals surface area contributed by atoms with Crippen molar-refractivity contribution in [1.29, 1.82) is 0 Å². The number of aryl methyl sites for hydroxylation is 1. The monoisotopic (exact) mass is 470 g/mol. The predicted octanol–water partition coefficient (Wildman–Crippen LogP) is 5.10. The molecule has 168 valence electrons. The van der Waals surface area contributed by atoms with Crippen LogP contribution in [0, 0.1) is 6.92 Å². The molecule has 0 aliphatic heterocycles. The summed E-state index contributed by atoms with van der Waals surface area (Å²) in [5.74, 6) is -0.140. The highest BCUT2D eigenvalue weighted by atomic mass is 35.5. The lowest BCUT2D eigenvalue weighted by atomic mass is 9.98. The molecular weight excluding hydrogens is 444 g/mol. The van der Waals surface area contributed by atoms with Crippen molar-refractivity contribution < 1.29 is 13.2 Å². The minimum atomic E-state index is -3.52. The summed E-state index contributed by atoms with van der Waals surface area (Å²) in [6.07, 6.45) is 1.73. The van der Waals surface area contributed by atoms with E-state index in [9.17, 15) is 13.2 Å². The Balaban J connectivity index is 1.70. The number of benzene rings is 3. The second-order valence-corrected chi connectivity index (χ2v) is 10.0.